The van der Waals surface area contributed by atoms with Gasteiger partial charge >= 0.3 is 0 Å². The van der Waals surface area contributed by atoms with Gasteiger partial charge in [-0.05, 0) is 24.3 Å². The molecule has 7 nitrogen and oxygen atoms in total. The fraction of sp³-hybridized carbons (Fsp3) is 0.154. The van der Waals surface area contributed by atoms with Crippen LogP contribution in [0.4, 0.5) is 0 Å². The molecule has 0 bridgehead atoms. The molecule has 8 heteroatoms. The van der Waals surface area contributed by atoms with Crippen molar-refractivity contribution in [2.45, 2.75) is 11.7 Å². The van der Waals surface area contributed by atoms with E-state index in [9.17, 15) is 9.90 Å². The molecule has 0 radical (unpaired) electrons. The first-order valence-electron chi connectivity index (χ1n) is 6.06. The van der Waals surface area contributed by atoms with Gasteiger partial charge in [0, 0.05) is 5.75 Å². The van der Waals surface area contributed by atoms with Gasteiger partial charge in [-0.15, -0.1) is 10.2 Å². The molecule has 0 spiro atoms. The van der Waals surface area contributed by atoms with Crippen molar-refractivity contribution < 1.29 is 18.7 Å². The van der Waals surface area contributed by atoms with Crippen molar-refractivity contribution in [2.24, 2.45) is 0 Å². The molecule has 21 heavy (non-hydrogen) atoms. The molecule has 0 saturated carbocycles. The Morgan fingerprint density at radius 2 is 2.05 bits per heavy atom. The number of furan rings is 2. The molecule has 108 valence electrons. The Balaban J connectivity index is 1.94. The standard InChI is InChI=1S/C13H11N3O4S/c17-11(18)8-21-13-15-14-12(10-4-2-6-20-10)16(13)7-9-3-1-5-19-9/h1-6H,7-8H2,(H,17,18)/p-1. The van der Waals surface area contributed by atoms with E-state index in [0.29, 0.717) is 29.0 Å². The third kappa shape index (κ3) is 3.00. The molecule has 0 aliphatic rings. The predicted octanol–water partition coefficient (Wildman–Crippen LogP) is 1.02. The number of aromatic nitrogens is 3. The van der Waals surface area contributed by atoms with Crippen molar-refractivity contribution in [3.8, 4) is 11.6 Å². The summed E-state index contributed by atoms with van der Waals surface area (Å²) in [5, 5.41) is 19.1. The zero-order valence-electron chi connectivity index (χ0n) is 10.8. The Bertz CT molecular complexity index is 719. The maximum absolute atomic E-state index is 10.6. The maximum Gasteiger partial charge on any atom is 0.200 e. The predicted molar refractivity (Wildman–Crippen MR) is 71.3 cm³/mol. The Morgan fingerprint density at radius 1 is 1.24 bits per heavy atom. The number of aliphatic carboxylic acids is 1. The topological polar surface area (TPSA) is 97.1 Å². The van der Waals surface area contributed by atoms with Crippen LogP contribution in [0.15, 0.2) is 50.8 Å². The lowest BCUT2D eigenvalue weighted by Crippen LogP contribution is -2.24. The molecule has 3 heterocycles. The molecule has 0 N–H and O–H groups in total. The van der Waals surface area contributed by atoms with Gasteiger partial charge in [0.25, 0.3) is 0 Å². The smallest absolute Gasteiger partial charge is 0.200 e. The number of carboxylic acid groups (broad SMARTS) is 1. The Hall–Kier alpha value is -2.48. The van der Waals surface area contributed by atoms with Gasteiger partial charge in [-0.25, -0.2) is 0 Å². The van der Waals surface area contributed by atoms with Gasteiger partial charge in [-0.3, -0.25) is 4.57 Å². The van der Waals surface area contributed by atoms with Crippen molar-refractivity contribution in [3.63, 3.8) is 0 Å². The van der Waals surface area contributed by atoms with Gasteiger partial charge in [0.2, 0.25) is 5.82 Å². The lowest BCUT2D eigenvalue weighted by Gasteiger charge is -2.07. The van der Waals surface area contributed by atoms with Crippen LogP contribution in [0.25, 0.3) is 11.6 Å². The largest absolute Gasteiger partial charge is 0.549 e. The number of carbonyl (C=O) groups excluding carboxylic acids is 1. The summed E-state index contributed by atoms with van der Waals surface area (Å²) >= 11 is 1.04. The highest BCUT2D eigenvalue weighted by atomic mass is 32.2. The fourth-order valence-corrected chi connectivity index (χ4v) is 2.46. The number of rotatable bonds is 6. The van der Waals surface area contributed by atoms with Crippen LogP contribution < -0.4 is 5.11 Å². The second-order valence-corrected chi connectivity index (χ2v) is 5.05. The van der Waals surface area contributed by atoms with Crippen LogP contribution in [0.3, 0.4) is 0 Å². The van der Waals surface area contributed by atoms with Gasteiger partial charge in [0.15, 0.2) is 10.9 Å². The third-order valence-corrected chi connectivity index (χ3v) is 3.61. The number of carboxylic acids is 1. The van der Waals surface area contributed by atoms with Gasteiger partial charge in [-0.1, -0.05) is 11.8 Å². The minimum Gasteiger partial charge on any atom is -0.549 e. The van der Waals surface area contributed by atoms with Crippen LogP contribution in [0.5, 0.6) is 0 Å². The van der Waals surface area contributed by atoms with Crippen molar-refractivity contribution in [1.82, 2.24) is 14.8 Å². The van der Waals surface area contributed by atoms with E-state index < -0.39 is 5.97 Å². The molecular weight excluding hydrogens is 294 g/mol. The van der Waals surface area contributed by atoms with E-state index in [1.165, 1.54) is 6.26 Å². The summed E-state index contributed by atoms with van der Waals surface area (Å²) in [6.45, 7) is 0.380. The van der Waals surface area contributed by atoms with E-state index in [1.54, 1.807) is 29.0 Å². The van der Waals surface area contributed by atoms with Gasteiger partial charge < -0.3 is 18.7 Å². The van der Waals surface area contributed by atoms with Crippen LogP contribution in [0, 0.1) is 0 Å². The number of thioether (sulfide) groups is 1. The van der Waals surface area contributed by atoms with Crippen molar-refractivity contribution in [2.75, 3.05) is 5.75 Å². The molecule has 0 saturated heterocycles. The second-order valence-electron chi connectivity index (χ2n) is 4.11. The van der Waals surface area contributed by atoms with Crippen LogP contribution in [-0.4, -0.2) is 26.5 Å². The average Bonchev–Trinajstić information content (AvgIpc) is 3.18. The second kappa shape index (κ2) is 5.88. The monoisotopic (exact) mass is 304 g/mol. The van der Waals surface area contributed by atoms with E-state index in [2.05, 4.69) is 10.2 Å². The zero-order chi connectivity index (χ0) is 14.7. The van der Waals surface area contributed by atoms with E-state index in [1.807, 2.05) is 6.07 Å². The quantitative estimate of drug-likeness (QED) is 0.627. The zero-order valence-corrected chi connectivity index (χ0v) is 11.6. The normalized spacial score (nSPS) is 10.9. The van der Waals surface area contributed by atoms with Crippen molar-refractivity contribution in [3.05, 3.63) is 42.6 Å². The van der Waals surface area contributed by atoms with Gasteiger partial charge in [-0.2, -0.15) is 0 Å². The molecule has 0 amide bonds. The summed E-state index contributed by atoms with van der Waals surface area (Å²) in [6.07, 6.45) is 3.11. The fourth-order valence-electron chi connectivity index (χ4n) is 1.81. The van der Waals surface area contributed by atoms with Crippen LogP contribution in [-0.2, 0) is 11.3 Å². The molecule has 0 aliphatic carbocycles. The van der Waals surface area contributed by atoms with Gasteiger partial charge in [0.05, 0.1) is 25.0 Å². The number of nitrogens with zero attached hydrogens (tertiary/aromatic N) is 3. The van der Waals surface area contributed by atoms with E-state index >= 15 is 0 Å². The minimum atomic E-state index is -1.16. The van der Waals surface area contributed by atoms with Crippen LogP contribution >= 0.6 is 11.8 Å². The molecule has 0 atom stereocenters. The van der Waals surface area contributed by atoms with Crippen molar-refractivity contribution in [1.29, 1.82) is 0 Å². The lowest BCUT2D eigenvalue weighted by atomic mass is 10.4. The molecule has 0 unspecified atom stereocenters. The van der Waals surface area contributed by atoms with E-state index in [4.69, 9.17) is 8.83 Å². The average molecular weight is 304 g/mol. The summed E-state index contributed by atoms with van der Waals surface area (Å²) in [5.74, 6) is 0.408. The molecule has 0 fully saturated rings. The summed E-state index contributed by atoms with van der Waals surface area (Å²) in [4.78, 5) is 10.6. The minimum absolute atomic E-state index is 0.200. The molecule has 0 aliphatic heterocycles. The first-order chi connectivity index (χ1) is 10.2. The summed E-state index contributed by atoms with van der Waals surface area (Å²) in [5.41, 5.74) is 0. The molecular formula is C13H10N3O4S-. The molecule has 3 rings (SSSR count). The highest BCUT2D eigenvalue weighted by Crippen LogP contribution is 2.25. The summed E-state index contributed by atoms with van der Waals surface area (Å²) in [7, 11) is 0. The molecule has 3 aromatic rings. The Kier molecular flexibility index (Phi) is 3.78. The summed E-state index contributed by atoms with van der Waals surface area (Å²) in [6, 6.07) is 7.10. The highest BCUT2D eigenvalue weighted by molar-refractivity contribution is 7.99. The highest BCUT2D eigenvalue weighted by Gasteiger charge is 2.17. The SMILES string of the molecule is O=C([O-])CSc1nnc(-c2ccco2)n1Cc1ccco1. The Labute approximate surface area is 123 Å². The van der Waals surface area contributed by atoms with E-state index in [0.717, 1.165) is 11.8 Å². The Morgan fingerprint density at radius 3 is 2.71 bits per heavy atom. The number of carbonyl (C=O) groups is 1. The third-order valence-electron chi connectivity index (χ3n) is 2.67. The van der Waals surface area contributed by atoms with E-state index in [-0.39, 0.29) is 5.75 Å². The summed E-state index contributed by atoms with van der Waals surface area (Å²) < 4.78 is 12.4. The van der Waals surface area contributed by atoms with Crippen LogP contribution in [0.1, 0.15) is 5.76 Å². The molecule has 3 aromatic heterocycles. The van der Waals surface area contributed by atoms with Crippen molar-refractivity contribution >= 4 is 17.7 Å². The lowest BCUT2D eigenvalue weighted by molar-refractivity contribution is -0.301. The molecule has 0 aromatic carbocycles. The van der Waals surface area contributed by atoms with Crippen LogP contribution in [0.2, 0.25) is 0 Å². The first-order valence-corrected chi connectivity index (χ1v) is 7.04. The first kappa shape index (κ1) is 13.5. The number of hydrogen-bond donors (Lipinski definition) is 0. The maximum atomic E-state index is 10.6. The van der Waals surface area contributed by atoms with Gasteiger partial charge in [0.1, 0.15) is 5.76 Å². The number of hydrogen-bond acceptors (Lipinski definition) is 7.